The van der Waals surface area contributed by atoms with Crippen LogP contribution in [0.2, 0.25) is 0 Å². The Morgan fingerprint density at radius 1 is 1.40 bits per heavy atom. The summed E-state index contributed by atoms with van der Waals surface area (Å²) in [5.74, 6) is 1.54. The first-order valence-corrected chi connectivity index (χ1v) is 5.48. The molecule has 0 spiro atoms. The first kappa shape index (κ1) is 10.3. The van der Waals surface area contributed by atoms with Crippen molar-refractivity contribution in [2.45, 2.75) is 38.6 Å². The van der Waals surface area contributed by atoms with Gasteiger partial charge in [-0.25, -0.2) is 0 Å². The summed E-state index contributed by atoms with van der Waals surface area (Å²) in [4.78, 5) is 0. The second-order valence-electron chi connectivity index (χ2n) is 5.07. The Labute approximate surface area is 91.6 Å². The van der Waals surface area contributed by atoms with Gasteiger partial charge in [0.05, 0.1) is 7.11 Å². The van der Waals surface area contributed by atoms with Crippen LogP contribution >= 0.6 is 0 Å². The average molecular weight is 205 g/mol. The Hall–Kier alpha value is -1.18. The second kappa shape index (κ2) is 3.44. The van der Waals surface area contributed by atoms with E-state index in [2.05, 4.69) is 38.2 Å². The van der Waals surface area contributed by atoms with Crippen molar-refractivity contribution in [1.29, 1.82) is 0 Å². The van der Waals surface area contributed by atoms with Gasteiger partial charge in [-0.15, -0.1) is 0 Å². The molecule has 0 radical (unpaired) electrons. The molecule has 1 atom stereocenters. The average Bonchev–Trinajstić information content (AvgIpc) is 2.15. The van der Waals surface area contributed by atoms with Crippen LogP contribution in [0, 0.1) is 0 Å². The van der Waals surface area contributed by atoms with Crippen LogP contribution < -0.4 is 10.1 Å². The van der Waals surface area contributed by atoms with Gasteiger partial charge < -0.3 is 10.1 Å². The minimum atomic E-state index is 0.195. The molecule has 0 amide bonds. The highest BCUT2D eigenvalue weighted by molar-refractivity contribution is 5.59. The lowest BCUT2D eigenvalue weighted by molar-refractivity contribution is 0.410. The predicted octanol–water partition coefficient (Wildman–Crippen LogP) is 3.39. The molecule has 1 aromatic carbocycles. The number of anilines is 1. The largest absolute Gasteiger partial charge is 0.497 e. The van der Waals surface area contributed by atoms with Gasteiger partial charge >= 0.3 is 0 Å². The lowest BCUT2D eigenvalue weighted by Gasteiger charge is -2.37. The summed E-state index contributed by atoms with van der Waals surface area (Å²) in [5.41, 5.74) is 2.81. The number of hydrogen-bond acceptors (Lipinski definition) is 2. The molecule has 1 heterocycles. The molecule has 2 rings (SSSR count). The van der Waals surface area contributed by atoms with Crippen LogP contribution in [0.25, 0.3) is 0 Å². The van der Waals surface area contributed by atoms with E-state index in [9.17, 15) is 0 Å². The summed E-state index contributed by atoms with van der Waals surface area (Å²) >= 11 is 0. The number of ether oxygens (including phenoxy) is 1. The Morgan fingerprint density at radius 3 is 2.80 bits per heavy atom. The number of fused-ring (bicyclic) bond motifs is 1. The van der Waals surface area contributed by atoms with Gasteiger partial charge in [0.25, 0.3) is 0 Å². The van der Waals surface area contributed by atoms with E-state index in [1.807, 2.05) is 6.07 Å². The molecule has 82 valence electrons. The van der Waals surface area contributed by atoms with Gasteiger partial charge in [0.1, 0.15) is 5.75 Å². The van der Waals surface area contributed by atoms with E-state index in [1.165, 1.54) is 11.3 Å². The lowest BCUT2D eigenvalue weighted by atomic mass is 9.82. The Morgan fingerprint density at radius 2 is 2.13 bits per heavy atom. The molecule has 15 heavy (non-hydrogen) atoms. The number of nitrogens with one attached hydrogen (secondary N) is 1. The van der Waals surface area contributed by atoms with Gasteiger partial charge in [-0.1, -0.05) is 6.92 Å². The highest BCUT2D eigenvalue weighted by Crippen LogP contribution is 2.39. The van der Waals surface area contributed by atoms with E-state index in [-0.39, 0.29) is 5.54 Å². The van der Waals surface area contributed by atoms with Gasteiger partial charge in [-0.05, 0) is 49.9 Å². The Kier molecular flexibility index (Phi) is 2.37. The third-order valence-corrected chi connectivity index (χ3v) is 3.08. The molecule has 0 bridgehead atoms. The fourth-order valence-electron chi connectivity index (χ4n) is 2.48. The Balaban J connectivity index is 2.41. The first-order valence-electron chi connectivity index (χ1n) is 5.48. The first-order chi connectivity index (χ1) is 7.02. The fourth-order valence-corrected chi connectivity index (χ4v) is 2.48. The zero-order chi connectivity index (χ0) is 11.1. The highest BCUT2D eigenvalue weighted by Gasteiger charge is 2.29. The molecule has 1 aliphatic rings. The maximum Gasteiger partial charge on any atom is 0.119 e. The molecule has 0 unspecified atom stereocenters. The van der Waals surface area contributed by atoms with Crippen molar-refractivity contribution >= 4 is 5.69 Å². The van der Waals surface area contributed by atoms with Gasteiger partial charge in [0, 0.05) is 11.2 Å². The van der Waals surface area contributed by atoms with E-state index < -0.39 is 0 Å². The van der Waals surface area contributed by atoms with E-state index in [1.54, 1.807) is 7.11 Å². The van der Waals surface area contributed by atoms with Crippen molar-refractivity contribution in [1.82, 2.24) is 0 Å². The van der Waals surface area contributed by atoms with Gasteiger partial charge in [0.15, 0.2) is 0 Å². The molecule has 0 fully saturated rings. The van der Waals surface area contributed by atoms with Gasteiger partial charge in [-0.2, -0.15) is 0 Å². The van der Waals surface area contributed by atoms with E-state index in [0.29, 0.717) is 5.92 Å². The fraction of sp³-hybridized carbons (Fsp3) is 0.538. The standard InChI is InChI=1S/C13H19NO/c1-9-8-13(2,3)14-12-6-5-10(15-4)7-11(9)12/h5-7,9,14H,8H2,1-4H3/t9-/m0/s1. The lowest BCUT2D eigenvalue weighted by Crippen LogP contribution is -2.36. The molecule has 0 saturated heterocycles. The van der Waals surface area contributed by atoms with Crippen LogP contribution in [0.5, 0.6) is 5.75 Å². The molecular formula is C13H19NO. The van der Waals surface area contributed by atoms with Crippen molar-refractivity contribution in [3.63, 3.8) is 0 Å². The number of benzene rings is 1. The molecule has 1 N–H and O–H groups in total. The molecule has 0 aliphatic carbocycles. The molecule has 2 heteroatoms. The number of rotatable bonds is 1. The molecule has 0 saturated carbocycles. The SMILES string of the molecule is COc1ccc2c(c1)[C@@H](C)CC(C)(C)N2. The molecular weight excluding hydrogens is 186 g/mol. The second-order valence-corrected chi connectivity index (χ2v) is 5.07. The zero-order valence-electron chi connectivity index (χ0n) is 9.92. The van der Waals surface area contributed by atoms with Crippen LogP contribution in [0.15, 0.2) is 18.2 Å². The topological polar surface area (TPSA) is 21.3 Å². The summed E-state index contributed by atoms with van der Waals surface area (Å²) < 4.78 is 5.25. The van der Waals surface area contributed by atoms with Crippen LogP contribution in [0.1, 0.15) is 38.7 Å². The maximum absolute atomic E-state index is 5.25. The molecule has 2 nitrogen and oxygen atoms in total. The van der Waals surface area contributed by atoms with E-state index in [4.69, 9.17) is 4.74 Å². The van der Waals surface area contributed by atoms with Gasteiger partial charge in [-0.3, -0.25) is 0 Å². The minimum Gasteiger partial charge on any atom is -0.497 e. The van der Waals surface area contributed by atoms with Crippen molar-refractivity contribution in [2.75, 3.05) is 12.4 Å². The number of hydrogen-bond donors (Lipinski definition) is 1. The van der Waals surface area contributed by atoms with Crippen molar-refractivity contribution in [3.8, 4) is 5.75 Å². The van der Waals surface area contributed by atoms with Crippen molar-refractivity contribution in [3.05, 3.63) is 23.8 Å². The quantitative estimate of drug-likeness (QED) is 0.758. The van der Waals surface area contributed by atoms with Gasteiger partial charge in [0.2, 0.25) is 0 Å². The third-order valence-electron chi connectivity index (χ3n) is 3.08. The molecule has 0 aromatic heterocycles. The van der Waals surface area contributed by atoms with Crippen molar-refractivity contribution < 1.29 is 4.74 Å². The minimum absolute atomic E-state index is 0.195. The van der Waals surface area contributed by atoms with Crippen LogP contribution in [-0.4, -0.2) is 12.6 Å². The summed E-state index contributed by atoms with van der Waals surface area (Å²) in [6, 6.07) is 6.27. The summed E-state index contributed by atoms with van der Waals surface area (Å²) in [6.07, 6.45) is 1.16. The maximum atomic E-state index is 5.25. The molecule has 1 aromatic rings. The summed E-state index contributed by atoms with van der Waals surface area (Å²) in [5, 5.41) is 3.56. The highest BCUT2D eigenvalue weighted by atomic mass is 16.5. The van der Waals surface area contributed by atoms with Crippen LogP contribution in [0.4, 0.5) is 5.69 Å². The van der Waals surface area contributed by atoms with Crippen LogP contribution in [-0.2, 0) is 0 Å². The molecule has 1 aliphatic heterocycles. The van der Waals surface area contributed by atoms with E-state index >= 15 is 0 Å². The zero-order valence-corrected chi connectivity index (χ0v) is 9.92. The monoisotopic (exact) mass is 205 g/mol. The number of methoxy groups -OCH3 is 1. The summed E-state index contributed by atoms with van der Waals surface area (Å²) in [6.45, 7) is 6.77. The summed E-state index contributed by atoms with van der Waals surface area (Å²) in [7, 11) is 1.71. The van der Waals surface area contributed by atoms with E-state index in [0.717, 1.165) is 12.2 Å². The predicted molar refractivity (Wildman–Crippen MR) is 63.7 cm³/mol. The Bertz CT molecular complexity index is 371. The third kappa shape index (κ3) is 1.94. The smallest absolute Gasteiger partial charge is 0.119 e. The van der Waals surface area contributed by atoms with Crippen molar-refractivity contribution in [2.24, 2.45) is 0 Å². The van der Waals surface area contributed by atoms with Crippen LogP contribution in [0.3, 0.4) is 0 Å². The normalized spacial score (nSPS) is 22.8.